The number of carboxylic acids is 1. The second-order valence-electron chi connectivity index (χ2n) is 13.0. The van der Waals surface area contributed by atoms with Crippen molar-refractivity contribution in [1.82, 2.24) is 16.0 Å². The highest BCUT2D eigenvalue weighted by molar-refractivity contribution is 7.09. The fourth-order valence-electron chi connectivity index (χ4n) is 6.32. The van der Waals surface area contributed by atoms with Gasteiger partial charge in [-0.2, -0.15) is 0 Å². The van der Waals surface area contributed by atoms with Crippen molar-refractivity contribution in [3.8, 4) is 16.9 Å². The molecule has 0 spiro atoms. The zero-order valence-corrected chi connectivity index (χ0v) is 30.4. The van der Waals surface area contributed by atoms with Crippen LogP contribution in [0.15, 0.2) is 121 Å². The monoisotopic (exact) mass is 744 g/mol. The summed E-state index contributed by atoms with van der Waals surface area (Å²) in [5.41, 5.74) is 4.40. The number of rotatable bonds is 7. The first kappa shape index (κ1) is 37.5. The molecule has 4 aromatic carbocycles. The molecule has 0 saturated heterocycles. The summed E-state index contributed by atoms with van der Waals surface area (Å²) in [6, 6.07) is 31.1. The Hall–Kier alpha value is -6.27. The molecular formula is C42H40N4O7S. The molecule has 4 amide bonds. The van der Waals surface area contributed by atoms with E-state index < -0.39 is 60.9 Å². The minimum absolute atomic E-state index is 0.0494. The molecule has 0 radical (unpaired) electrons. The number of carboxylic acid groups (broad SMARTS) is 1. The first-order valence-corrected chi connectivity index (χ1v) is 18.4. The van der Waals surface area contributed by atoms with Gasteiger partial charge in [-0.15, -0.1) is 11.3 Å². The van der Waals surface area contributed by atoms with Gasteiger partial charge in [0.25, 0.3) is 5.91 Å². The topological polar surface area (TPSA) is 154 Å². The second-order valence-corrected chi connectivity index (χ2v) is 14.0. The fourth-order valence-corrected chi connectivity index (χ4v) is 7.07. The Bertz CT molecular complexity index is 2090. The largest absolute Gasteiger partial charge is 0.484 e. The van der Waals surface area contributed by atoms with E-state index in [0.29, 0.717) is 22.6 Å². The normalized spacial score (nSPS) is 18.7. The summed E-state index contributed by atoms with van der Waals surface area (Å²) in [5, 5.41) is 20.6. The average Bonchev–Trinajstić information content (AvgIpc) is 3.70. The number of para-hydroxylation sites is 1. The summed E-state index contributed by atoms with van der Waals surface area (Å²) in [6.07, 6.45) is 0.188. The molecule has 54 heavy (non-hydrogen) atoms. The number of thiophene rings is 1. The minimum Gasteiger partial charge on any atom is -0.484 e. The standard InChI is InChI=1S/C42H40N4O7S/c1-27-8-5-6-12-36(27)46-37(42(51)52)23-29-15-19-32(20-16-29)53-26-38(47)44-35(24-33-11-7-21-54-33)41(50)45-34(40(49)43-25-39(46)48)22-28-13-17-31(18-14-28)30-9-3-2-4-10-30/h2-21,34-35,37H,22-26H2,1H3,(H,43,49)(H,44,47)(H,45,50)(H,51,52)/t34-,35-,37+/m1/s1. The van der Waals surface area contributed by atoms with E-state index in [2.05, 4.69) is 16.0 Å². The van der Waals surface area contributed by atoms with Crippen LogP contribution in [0.1, 0.15) is 21.6 Å². The van der Waals surface area contributed by atoms with Gasteiger partial charge in [0.1, 0.15) is 23.9 Å². The molecule has 7 rings (SSSR count). The highest BCUT2D eigenvalue weighted by atomic mass is 32.1. The lowest BCUT2D eigenvalue weighted by atomic mass is 10.00. The van der Waals surface area contributed by atoms with E-state index in [-0.39, 0.29) is 19.3 Å². The van der Waals surface area contributed by atoms with Crippen LogP contribution >= 0.6 is 11.3 Å². The Morgan fingerprint density at radius 2 is 1.46 bits per heavy atom. The SMILES string of the molecule is Cc1ccccc1N1C(=O)CNC(=O)[C@@H](Cc2ccc(-c3ccccc3)cc2)NC(=O)[C@@H](Cc2cccs2)NC(=O)COc2ccc(cc2)C[C@H]1C(=O)O. The highest BCUT2D eigenvalue weighted by Gasteiger charge is 2.34. The molecule has 0 fully saturated rings. The number of anilines is 1. The van der Waals surface area contributed by atoms with Gasteiger partial charge in [-0.3, -0.25) is 24.1 Å². The molecule has 3 heterocycles. The number of nitrogens with one attached hydrogen (secondary N) is 3. The predicted octanol–water partition coefficient (Wildman–Crippen LogP) is 4.72. The summed E-state index contributed by atoms with van der Waals surface area (Å²) in [7, 11) is 0. The third-order valence-electron chi connectivity index (χ3n) is 9.15. The third-order valence-corrected chi connectivity index (χ3v) is 10.0. The maximum Gasteiger partial charge on any atom is 0.327 e. The van der Waals surface area contributed by atoms with Gasteiger partial charge in [-0.25, -0.2) is 4.79 Å². The molecule has 0 unspecified atom stereocenters. The van der Waals surface area contributed by atoms with Crippen molar-refractivity contribution in [2.45, 2.75) is 44.3 Å². The quantitative estimate of drug-likeness (QED) is 0.176. The van der Waals surface area contributed by atoms with Crippen LogP contribution in [0.4, 0.5) is 5.69 Å². The number of nitrogens with zero attached hydrogens (tertiary/aromatic N) is 1. The number of ether oxygens (including phenoxy) is 1. The van der Waals surface area contributed by atoms with Crippen LogP contribution in [-0.4, -0.2) is 66.0 Å². The number of hydrogen-bond donors (Lipinski definition) is 4. The summed E-state index contributed by atoms with van der Waals surface area (Å²) in [6.45, 7) is 0.841. The molecule has 3 atom stereocenters. The van der Waals surface area contributed by atoms with E-state index >= 15 is 0 Å². The van der Waals surface area contributed by atoms with E-state index in [1.807, 2.05) is 72.1 Å². The Morgan fingerprint density at radius 1 is 0.778 bits per heavy atom. The number of fused-ring (bicyclic) bond motifs is 16. The van der Waals surface area contributed by atoms with Crippen molar-refractivity contribution < 1.29 is 33.8 Å². The van der Waals surface area contributed by atoms with Crippen molar-refractivity contribution in [1.29, 1.82) is 0 Å². The number of aryl methyl sites for hydroxylation is 1. The van der Waals surface area contributed by atoms with Gasteiger partial charge >= 0.3 is 5.97 Å². The van der Waals surface area contributed by atoms with Gasteiger partial charge in [-0.1, -0.05) is 91.0 Å². The van der Waals surface area contributed by atoms with Crippen molar-refractivity contribution in [2.75, 3.05) is 18.1 Å². The molecule has 276 valence electrons. The van der Waals surface area contributed by atoms with Gasteiger partial charge in [-0.05, 0) is 64.4 Å². The third kappa shape index (κ3) is 9.58. The number of carbonyl (C=O) groups excluding carboxylic acids is 4. The average molecular weight is 745 g/mol. The molecule has 12 heteroatoms. The van der Waals surface area contributed by atoms with E-state index in [1.165, 1.54) is 16.2 Å². The Labute approximate surface area is 317 Å². The van der Waals surface area contributed by atoms with Crippen LogP contribution in [0.5, 0.6) is 5.75 Å². The maximum atomic E-state index is 14.1. The lowest BCUT2D eigenvalue weighted by Crippen LogP contribution is -2.57. The van der Waals surface area contributed by atoms with Crippen LogP contribution in [-0.2, 0) is 43.2 Å². The van der Waals surface area contributed by atoms with Gasteiger partial charge in [0.05, 0.1) is 6.54 Å². The van der Waals surface area contributed by atoms with Crippen LogP contribution in [0, 0.1) is 6.92 Å². The number of carbonyl (C=O) groups is 5. The number of aliphatic carboxylic acids is 1. The van der Waals surface area contributed by atoms with E-state index in [0.717, 1.165) is 21.6 Å². The molecule has 2 aliphatic heterocycles. The van der Waals surface area contributed by atoms with Crippen molar-refractivity contribution >= 4 is 46.6 Å². The lowest BCUT2D eigenvalue weighted by molar-refractivity contribution is -0.140. The van der Waals surface area contributed by atoms with Gasteiger partial charge < -0.3 is 25.8 Å². The molecule has 0 aliphatic carbocycles. The molecule has 1 aromatic heterocycles. The molecule has 2 aliphatic rings. The highest BCUT2D eigenvalue weighted by Crippen LogP contribution is 2.25. The summed E-state index contributed by atoms with van der Waals surface area (Å²) in [4.78, 5) is 70.1. The van der Waals surface area contributed by atoms with E-state index in [9.17, 15) is 29.1 Å². The van der Waals surface area contributed by atoms with Crippen molar-refractivity contribution in [3.05, 3.63) is 142 Å². The summed E-state index contributed by atoms with van der Waals surface area (Å²) < 4.78 is 5.73. The zero-order chi connectivity index (χ0) is 38.0. The first-order chi connectivity index (χ1) is 26.1. The summed E-state index contributed by atoms with van der Waals surface area (Å²) >= 11 is 1.43. The predicted molar refractivity (Wildman–Crippen MR) is 206 cm³/mol. The molecule has 11 nitrogen and oxygen atoms in total. The van der Waals surface area contributed by atoms with Gasteiger partial charge in [0.15, 0.2) is 6.61 Å². The van der Waals surface area contributed by atoms with Crippen LogP contribution < -0.4 is 25.6 Å². The lowest BCUT2D eigenvalue weighted by Gasteiger charge is -2.31. The Morgan fingerprint density at radius 3 is 2.15 bits per heavy atom. The number of amides is 4. The molecule has 2 bridgehead atoms. The zero-order valence-electron chi connectivity index (χ0n) is 29.6. The second kappa shape index (κ2) is 17.5. The molecule has 0 saturated carbocycles. The van der Waals surface area contributed by atoms with E-state index in [1.54, 1.807) is 55.5 Å². The van der Waals surface area contributed by atoms with Crippen LogP contribution in [0.25, 0.3) is 11.1 Å². The number of hydrogen-bond acceptors (Lipinski definition) is 7. The van der Waals surface area contributed by atoms with Crippen molar-refractivity contribution in [3.63, 3.8) is 0 Å². The maximum absolute atomic E-state index is 14.1. The van der Waals surface area contributed by atoms with Gasteiger partial charge in [0.2, 0.25) is 17.7 Å². The smallest absolute Gasteiger partial charge is 0.327 e. The van der Waals surface area contributed by atoms with E-state index in [4.69, 9.17) is 4.74 Å². The van der Waals surface area contributed by atoms with Crippen LogP contribution in [0.3, 0.4) is 0 Å². The molecule has 5 aromatic rings. The first-order valence-electron chi connectivity index (χ1n) is 17.5. The summed E-state index contributed by atoms with van der Waals surface area (Å²) in [5.74, 6) is -3.32. The fraction of sp³-hybridized carbons (Fsp3) is 0.214. The Balaban J connectivity index is 1.33. The minimum atomic E-state index is -1.33. The van der Waals surface area contributed by atoms with Crippen LogP contribution in [0.2, 0.25) is 0 Å². The van der Waals surface area contributed by atoms with Crippen molar-refractivity contribution in [2.24, 2.45) is 0 Å². The molecule has 4 N–H and O–H groups in total. The molecular weight excluding hydrogens is 705 g/mol. The Kier molecular flexibility index (Phi) is 12.1. The number of benzene rings is 4. The van der Waals surface area contributed by atoms with Gasteiger partial charge in [0, 0.05) is 29.8 Å².